The number of amides is 1. The van der Waals surface area contributed by atoms with Crippen molar-refractivity contribution in [2.45, 2.75) is 89.2 Å². The van der Waals surface area contributed by atoms with Crippen LogP contribution in [0.3, 0.4) is 0 Å². The summed E-state index contributed by atoms with van der Waals surface area (Å²) in [5, 5.41) is 27.4. The number of hydrogen-bond donors (Lipinski definition) is 4. The summed E-state index contributed by atoms with van der Waals surface area (Å²) in [6.45, 7) is 3.28. The Hall–Kier alpha value is -4.48. The van der Waals surface area contributed by atoms with E-state index in [1.165, 1.54) is 6.26 Å². The number of anilines is 1. The highest BCUT2D eigenvalue weighted by Crippen LogP contribution is 2.59. The standard InChI is InChI=1S/C37H40N4O7/c1-19(2)31(44)27(43)16-22-14-20-12-13-28-25(15-20)37(24-10-6-7-11-26(24)39-36(37)47-28)32-30(34-38-23(17-42)18-46-34)41-35(48-32)29(40-33(22)45)21-8-4-3-5-9-21/h6-7,10-13,15,18-19,21-22,29,31,36,39,42,44H,3-5,8-9,14,16-17H2,1-2H3,(H,40,45)/t22-,29+,31+,36?,37+/m1/s1. The fourth-order valence-electron chi connectivity index (χ4n) is 8.12. The molecule has 11 heteroatoms. The zero-order valence-electron chi connectivity index (χ0n) is 27.1. The Kier molecular flexibility index (Phi) is 7.64. The van der Waals surface area contributed by atoms with Gasteiger partial charge in [0.2, 0.25) is 17.7 Å². The lowest BCUT2D eigenvalue weighted by atomic mass is 9.72. The van der Waals surface area contributed by atoms with Crippen LogP contribution in [-0.2, 0) is 28.0 Å². The third-order valence-corrected chi connectivity index (χ3v) is 10.6. The summed E-state index contributed by atoms with van der Waals surface area (Å²) in [6.07, 6.45) is 4.77. The number of aliphatic hydroxyl groups is 2. The Balaban J connectivity index is 1.37. The summed E-state index contributed by atoms with van der Waals surface area (Å²) < 4.78 is 19.5. The highest BCUT2D eigenvalue weighted by Gasteiger charge is 2.61. The highest BCUT2D eigenvalue weighted by atomic mass is 16.5. The van der Waals surface area contributed by atoms with E-state index < -0.39 is 29.7 Å². The van der Waals surface area contributed by atoms with E-state index in [1.54, 1.807) is 13.8 Å². The number of aliphatic hydroxyl groups excluding tert-OH is 2. The molecule has 5 heterocycles. The fourth-order valence-corrected chi connectivity index (χ4v) is 8.12. The summed E-state index contributed by atoms with van der Waals surface area (Å²) in [5.74, 6) is 0.0754. The van der Waals surface area contributed by atoms with E-state index in [9.17, 15) is 19.8 Å². The minimum Gasteiger partial charge on any atom is -0.469 e. The first kappa shape index (κ1) is 30.8. The van der Waals surface area contributed by atoms with Crippen molar-refractivity contribution in [3.63, 3.8) is 0 Å². The van der Waals surface area contributed by atoms with Crippen LogP contribution >= 0.6 is 0 Å². The molecule has 4 bridgehead atoms. The third-order valence-electron chi connectivity index (χ3n) is 10.6. The number of aromatic nitrogens is 2. The summed E-state index contributed by atoms with van der Waals surface area (Å²) in [5.41, 5.74) is 3.24. The number of para-hydroxylation sites is 1. The van der Waals surface area contributed by atoms with E-state index >= 15 is 0 Å². The second kappa shape index (κ2) is 11.9. The molecule has 2 aromatic carbocycles. The van der Waals surface area contributed by atoms with Crippen LogP contribution in [0.15, 0.2) is 57.6 Å². The van der Waals surface area contributed by atoms with E-state index in [1.807, 2.05) is 36.4 Å². The maximum absolute atomic E-state index is 14.3. The van der Waals surface area contributed by atoms with Gasteiger partial charge in [-0.15, -0.1) is 0 Å². The Morgan fingerprint density at radius 1 is 1.06 bits per heavy atom. The van der Waals surface area contributed by atoms with Crippen molar-refractivity contribution >= 4 is 17.4 Å². The second-order valence-electron chi connectivity index (χ2n) is 14.0. The van der Waals surface area contributed by atoms with Crippen molar-refractivity contribution in [1.29, 1.82) is 0 Å². The molecule has 3 aliphatic heterocycles. The molecule has 5 atom stereocenters. The minimum absolute atomic E-state index is 0.0515. The molecule has 8 rings (SSSR count). The number of Topliss-reactive ketones (excluding diaryl/α,β-unsaturated/α-hetero) is 1. The molecule has 0 radical (unpaired) electrons. The van der Waals surface area contributed by atoms with Gasteiger partial charge in [-0.3, -0.25) is 9.59 Å². The zero-order chi connectivity index (χ0) is 33.2. The van der Waals surface area contributed by atoms with Gasteiger partial charge in [-0.2, -0.15) is 0 Å². The number of benzene rings is 2. The minimum atomic E-state index is -1.16. The van der Waals surface area contributed by atoms with E-state index in [2.05, 4.69) is 21.7 Å². The quantitative estimate of drug-likeness (QED) is 0.209. The number of rotatable bonds is 7. The van der Waals surface area contributed by atoms with Crippen molar-refractivity contribution in [1.82, 2.24) is 15.3 Å². The molecule has 11 nitrogen and oxygen atoms in total. The van der Waals surface area contributed by atoms with Crippen LogP contribution in [0.25, 0.3) is 11.6 Å². The molecule has 48 heavy (non-hydrogen) atoms. The van der Waals surface area contributed by atoms with Gasteiger partial charge < -0.3 is 34.4 Å². The Bertz CT molecular complexity index is 1870. The van der Waals surface area contributed by atoms with Gasteiger partial charge in [0.1, 0.15) is 35.3 Å². The molecule has 1 spiro atoms. The smallest absolute Gasteiger partial charge is 0.249 e. The van der Waals surface area contributed by atoms with E-state index in [-0.39, 0.29) is 42.4 Å². The van der Waals surface area contributed by atoms with Crippen molar-refractivity contribution in [3.8, 4) is 17.3 Å². The third kappa shape index (κ3) is 4.85. The van der Waals surface area contributed by atoms with E-state index in [0.29, 0.717) is 35.2 Å². The van der Waals surface area contributed by atoms with Gasteiger partial charge in [0.25, 0.3) is 0 Å². The van der Waals surface area contributed by atoms with Crippen LogP contribution in [0.4, 0.5) is 5.69 Å². The number of hydrogen-bond acceptors (Lipinski definition) is 10. The summed E-state index contributed by atoms with van der Waals surface area (Å²) >= 11 is 0. The highest BCUT2D eigenvalue weighted by molar-refractivity contribution is 5.89. The van der Waals surface area contributed by atoms with Crippen molar-refractivity contribution in [2.75, 3.05) is 5.32 Å². The van der Waals surface area contributed by atoms with Crippen molar-refractivity contribution in [3.05, 3.63) is 82.8 Å². The van der Waals surface area contributed by atoms with Crippen LogP contribution < -0.4 is 15.4 Å². The van der Waals surface area contributed by atoms with Crippen molar-refractivity contribution < 1.29 is 33.4 Å². The lowest BCUT2D eigenvalue weighted by molar-refractivity contribution is -0.135. The van der Waals surface area contributed by atoms with Gasteiger partial charge in [-0.05, 0) is 54.4 Å². The number of carbonyl (C=O) groups excluding carboxylic acids is 2. The Morgan fingerprint density at radius 2 is 1.88 bits per heavy atom. The normalized spacial score (nSPS) is 25.3. The molecule has 1 aliphatic carbocycles. The number of nitrogens with one attached hydrogen (secondary N) is 2. The predicted molar refractivity (Wildman–Crippen MR) is 174 cm³/mol. The maximum Gasteiger partial charge on any atom is 0.249 e. The van der Waals surface area contributed by atoms with Crippen molar-refractivity contribution in [2.24, 2.45) is 17.8 Å². The number of nitrogens with zero attached hydrogens (tertiary/aromatic N) is 2. The molecule has 1 amide bonds. The molecule has 2 aromatic heterocycles. The second-order valence-corrected chi connectivity index (χ2v) is 14.0. The number of carbonyl (C=O) groups is 2. The fraction of sp³-hybridized carbons (Fsp3) is 0.459. The Labute approximate surface area is 278 Å². The summed E-state index contributed by atoms with van der Waals surface area (Å²) in [6, 6.07) is 13.3. The first-order valence-electron chi connectivity index (χ1n) is 17.0. The van der Waals surface area contributed by atoms with Gasteiger partial charge >= 0.3 is 0 Å². The Morgan fingerprint density at radius 3 is 2.65 bits per heavy atom. The number of ketones is 1. The molecular weight excluding hydrogens is 612 g/mol. The molecule has 1 unspecified atom stereocenters. The van der Waals surface area contributed by atoms with Gasteiger partial charge in [0.15, 0.2) is 23.5 Å². The number of ether oxygens (including phenoxy) is 1. The van der Waals surface area contributed by atoms with Gasteiger partial charge in [-0.1, -0.05) is 63.4 Å². The van der Waals surface area contributed by atoms with Gasteiger partial charge in [0.05, 0.1) is 6.61 Å². The molecule has 1 fully saturated rings. The van der Waals surface area contributed by atoms with Crippen LogP contribution in [0.5, 0.6) is 5.75 Å². The van der Waals surface area contributed by atoms with Gasteiger partial charge in [-0.25, -0.2) is 9.97 Å². The molecule has 4 aliphatic rings. The molecule has 4 aromatic rings. The van der Waals surface area contributed by atoms with Crippen LogP contribution in [-0.4, -0.2) is 44.2 Å². The van der Waals surface area contributed by atoms with Crippen LogP contribution in [0, 0.1) is 17.8 Å². The molecule has 0 saturated heterocycles. The summed E-state index contributed by atoms with van der Waals surface area (Å²) in [4.78, 5) is 37.2. The molecular formula is C37H40N4O7. The first-order valence-corrected chi connectivity index (χ1v) is 17.0. The van der Waals surface area contributed by atoms with Crippen LogP contribution in [0.2, 0.25) is 0 Å². The number of fused-ring (bicyclic) bond motifs is 4. The topological polar surface area (TPSA) is 160 Å². The number of oxazole rings is 2. The SMILES string of the molecule is CC(C)[C@H](O)C(=O)C[C@H]1Cc2ccc3c(c2)[C@@]2(c4ccccc4NC2O3)c2oc(nc2-c2nc(CO)co2)[C@H](C2CCCCC2)NC1=O. The maximum atomic E-state index is 14.3. The summed E-state index contributed by atoms with van der Waals surface area (Å²) in [7, 11) is 0. The molecule has 1 saturated carbocycles. The molecule has 4 N–H and O–H groups in total. The van der Waals surface area contributed by atoms with Gasteiger partial charge in [0, 0.05) is 23.6 Å². The lowest BCUT2D eigenvalue weighted by Gasteiger charge is -2.31. The largest absolute Gasteiger partial charge is 0.469 e. The zero-order valence-corrected chi connectivity index (χ0v) is 27.1. The average molecular weight is 653 g/mol. The first-order chi connectivity index (χ1) is 23.3. The lowest BCUT2D eigenvalue weighted by Crippen LogP contribution is -2.41. The molecule has 250 valence electrons. The van der Waals surface area contributed by atoms with E-state index in [0.717, 1.165) is 54.5 Å². The average Bonchev–Trinajstić information content (AvgIpc) is 3.87. The van der Waals surface area contributed by atoms with E-state index in [4.69, 9.17) is 18.6 Å². The predicted octanol–water partition coefficient (Wildman–Crippen LogP) is 5.19. The monoisotopic (exact) mass is 652 g/mol. The van der Waals surface area contributed by atoms with Crippen LogP contribution in [0.1, 0.15) is 92.4 Å².